The molecule has 1 fully saturated rings. The molecule has 0 amide bonds. The van der Waals surface area contributed by atoms with E-state index in [2.05, 4.69) is 11.9 Å². The van der Waals surface area contributed by atoms with Gasteiger partial charge in [-0.25, -0.2) is 0 Å². The summed E-state index contributed by atoms with van der Waals surface area (Å²) in [5.74, 6) is -1.24. The molecule has 0 aromatic rings. The second kappa shape index (κ2) is 12.2. The minimum absolute atomic E-state index is 0.105. The maximum atomic E-state index is 13.3. The Balaban J connectivity index is 2.35. The molecule has 2 unspecified atom stereocenters. The molecule has 0 bridgehead atoms. The number of nitrogens with two attached hydrogens (primary N) is 1. The van der Waals surface area contributed by atoms with Crippen LogP contribution in [0.4, 0.5) is 0 Å². The van der Waals surface area contributed by atoms with Crippen molar-refractivity contribution in [2.24, 2.45) is 23.0 Å². The Morgan fingerprint density at radius 2 is 1.89 bits per heavy atom. The van der Waals surface area contributed by atoms with Crippen LogP contribution in [0.2, 0.25) is 0 Å². The minimum atomic E-state index is -1.27. The molecule has 0 saturated carbocycles. The Morgan fingerprint density at radius 3 is 2.50 bits per heavy atom. The lowest BCUT2D eigenvalue weighted by Gasteiger charge is -2.34. The maximum Gasteiger partial charge on any atom is 0.309 e. The van der Waals surface area contributed by atoms with Gasteiger partial charge in [-0.05, 0) is 44.8 Å². The van der Waals surface area contributed by atoms with Crippen molar-refractivity contribution in [3.63, 3.8) is 0 Å². The van der Waals surface area contributed by atoms with Crippen LogP contribution in [0.5, 0.6) is 0 Å². The van der Waals surface area contributed by atoms with E-state index in [-0.39, 0.29) is 30.2 Å². The summed E-state index contributed by atoms with van der Waals surface area (Å²) in [7, 11) is 0. The molecule has 0 aromatic heterocycles. The van der Waals surface area contributed by atoms with Crippen LogP contribution in [-0.4, -0.2) is 52.4 Å². The monoisotopic (exact) mass is 504 g/mol. The Kier molecular flexibility index (Phi) is 10.1. The maximum absolute atomic E-state index is 13.3. The molecular weight excluding hydrogens is 460 g/mol. The van der Waals surface area contributed by atoms with Crippen LogP contribution >= 0.6 is 0 Å². The van der Waals surface area contributed by atoms with E-state index in [4.69, 9.17) is 15.2 Å². The number of aliphatic hydroxyl groups is 2. The van der Waals surface area contributed by atoms with E-state index in [0.29, 0.717) is 23.5 Å². The molecule has 2 aliphatic rings. The first-order chi connectivity index (χ1) is 16.6. The molecule has 202 valence electrons. The number of ether oxygens (including phenoxy) is 2. The molecule has 5 N–H and O–H groups in total. The third-order valence-electron chi connectivity index (χ3n) is 7.38. The van der Waals surface area contributed by atoms with Crippen molar-refractivity contribution in [2.75, 3.05) is 0 Å². The number of rotatable bonds is 4. The Bertz CT molecular complexity index is 934. The lowest BCUT2D eigenvalue weighted by molar-refractivity contribution is -0.154. The van der Waals surface area contributed by atoms with Gasteiger partial charge in [0, 0.05) is 24.4 Å². The molecule has 8 nitrogen and oxygen atoms in total. The summed E-state index contributed by atoms with van der Waals surface area (Å²) in [6.45, 7) is 16.0. The molecule has 2 heterocycles. The van der Waals surface area contributed by atoms with Crippen molar-refractivity contribution in [1.29, 1.82) is 0 Å². The molecule has 0 radical (unpaired) electrons. The zero-order valence-electron chi connectivity index (χ0n) is 22.7. The first kappa shape index (κ1) is 29.8. The summed E-state index contributed by atoms with van der Waals surface area (Å²) in [4.78, 5) is 26.1. The quantitative estimate of drug-likeness (QED) is 0.150. The van der Waals surface area contributed by atoms with Gasteiger partial charge in [-0.2, -0.15) is 0 Å². The second-order valence-corrected chi connectivity index (χ2v) is 11.0. The van der Waals surface area contributed by atoms with E-state index in [9.17, 15) is 19.8 Å². The molecule has 7 atom stereocenters. The number of allylic oxidation sites excluding steroid dienone is 2. The SMILES string of the molecule is C=C(C)O/C=C(N)/C=C(\C)[C@@H]1C/C=C(/C)CC2NC2[C@H](C)[C@H](O)[C@@H](C)C(=O)C(C)(C)[C@@H](O)CC(=O)O1. The third kappa shape index (κ3) is 7.79. The number of hydrogen-bond acceptors (Lipinski definition) is 8. The van der Waals surface area contributed by atoms with Gasteiger partial charge in [-0.1, -0.05) is 45.9 Å². The van der Waals surface area contributed by atoms with E-state index < -0.39 is 35.6 Å². The highest BCUT2D eigenvalue weighted by molar-refractivity contribution is 5.88. The average molecular weight is 505 g/mol. The number of ketones is 1. The summed E-state index contributed by atoms with van der Waals surface area (Å²) in [6.07, 6.45) is 3.22. The highest BCUT2D eigenvalue weighted by atomic mass is 16.5. The van der Waals surface area contributed by atoms with Crippen LogP contribution in [0.25, 0.3) is 0 Å². The van der Waals surface area contributed by atoms with Gasteiger partial charge < -0.3 is 30.7 Å². The van der Waals surface area contributed by atoms with Crippen LogP contribution < -0.4 is 11.1 Å². The number of nitrogens with one attached hydrogen (secondary N) is 1. The van der Waals surface area contributed by atoms with E-state index in [1.807, 2.05) is 26.8 Å². The lowest BCUT2D eigenvalue weighted by atomic mass is 9.73. The van der Waals surface area contributed by atoms with Crippen LogP contribution in [-0.2, 0) is 19.1 Å². The molecule has 0 aliphatic carbocycles. The first-order valence-corrected chi connectivity index (χ1v) is 12.6. The molecule has 36 heavy (non-hydrogen) atoms. The number of Topliss-reactive ketones (excluding diaryl/α,β-unsaturated/α-hetero) is 1. The van der Waals surface area contributed by atoms with Crippen LogP contribution in [0, 0.1) is 17.3 Å². The van der Waals surface area contributed by atoms with Crippen molar-refractivity contribution < 1.29 is 29.3 Å². The van der Waals surface area contributed by atoms with Gasteiger partial charge >= 0.3 is 5.97 Å². The number of cyclic esters (lactones) is 1. The Morgan fingerprint density at radius 1 is 1.25 bits per heavy atom. The van der Waals surface area contributed by atoms with Crippen LogP contribution in [0.3, 0.4) is 0 Å². The Labute approximate surface area is 215 Å². The number of aliphatic hydroxyl groups excluding tert-OH is 2. The predicted molar refractivity (Wildman–Crippen MR) is 139 cm³/mol. The summed E-state index contributed by atoms with van der Waals surface area (Å²) in [6, 6.07) is 0.309. The van der Waals surface area contributed by atoms with Crippen molar-refractivity contribution in [3.05, 3.63) is 47.6 Å². The molecule has 0 aromatic carbocycles. The number of esters is 1. The minimum Gasteiger partial charge on any atom is -0.468 e. The van der Waals surface area contributed by atoms with Gasteiger partial charge in [0.2, 0.25) is 0 Å². The van der Waals surface area contributed by atoms with E-state index >= 15 is 0 Å². The molecule has 2 aliphatic heterocycles. The number of carbonyl (C=O) groups is 2. The number of carbonyl (C=O) groups excluding carboxylic acids is 2. The standard InChI is InChI=1S/C28H44N2O6/c1-15(2)35-14-20(29)12-17(4)22-10-9-16(3)11-21-25(30-21)18(5)26(33)19(6)27(34)28(7,8)23(31)13-24(32)36-22/h9,12,14,18-19,21-23,25-26,30-31,33H,1,10-11,13,29H2,2-8H3/b16-9-,17-12+,20-14-/t18-,19+,21?,22-,23-,25?,26-/m0/s1. The van der Waals surface area contributed by atoms with Gasteiger partial charge in [0.05, 0.1) is 35.5 Å². The van der Waals surface area contributed by atoms with Crippen LogP contribution in [0.15, 0.2) is 47.6 Å². The fraction of sp³-hybridized carbons (Fsp3) is 0.643. The van der Waals surface area contributed by atoms with Crippen molar-refractivity contribution in [2.45, 2.75) is 98.1 Å². The fourth-order valence-corrected chi connectivity index (χ4v) is 4.71. The topological polar surface area (TPSA) is 141 Å². The summed E-state index contributed by atoms with van der Waals surface area (Å²) in [5, 5.41) is 25.2. The molecular formula is C28H44N2O6. The number of hydrogen-bond donors (Lipinski definition) is 4. The van der Waals surface area contributed by atoms with Gasteiger partial charge in [0.1, 0.15) is 18.1 Å². The fourth-order valence-electron chi connectivity index (χ4n) is 4.71. The summed E-state index contributed by atoms with van der Waals surface area (Å²) in [5.41, 5.74) is 6.96. The lowest BCUT2D eigenvalue weighted by Crippen LogP contribution is -2.46. The number of fused-ring (bicyclic) bond motifs is 1. The summed E-state index contributed by atoms with van der Waals surface area (Å²) >= 11 is 0. The highest BCUT2D eigenvalue weighted by Gasteiger charge is 2.47. The molecule has 8 heteroatoms. The van der Waals surface area contributed by atoms with Crippen molar-refractivity contribution >= 4 is 11.8 Å². The normalized spacial score (nSPS) is 36.2. The highest BCUT2D eigenvalue weighted by Crippen LogP contribution is 2.35. The zero-order valence-corrected chi connectivity index (χ0v) is 22.7. The van der Waals surface area contributed by atoms with Gasteiger partial charge in [-0.15, -0.1) is 0 Å². The predicted octanol–water partition coefficient (Wildman–Crippen LogP) is 3.25. The van der Waals surface area contributed by atoms with E-state index in [1.54, 1.807) is 33.8 Å². The van der Waals surface area contributed by atoms with Crippen molar-refractivity contribution in [1.82, 2.24) is 5.32 Å². The van der Waals surface area contributed by atoms with Gasteiger partial charge in [0.15, 0.2) is 0 Å². The van der Waals surface area contributed by atoms with E-state index in [1.165, 1.54) is 6.26 Å². The molecule has 2 rings (SSSR count). The van der Waals surface area contributed by atoms with Crippen molar-refractivity contribution in [3.8, 4) is 0 Å². The van der Waals surface area contributed by atoms with E-state index in [0.717, 1.165) is 12.0 Å². The Hall–Kier alpha value is -2.42. The zero-order chi connectivity index (χ0) is 27.4. The van der Waals surface area contributed by atoms with Crippen LogP contribution in [0.1, 0.15) is 67.7 Å². The smallest absolute Gasteiger partial charge is 0.309 e. The first-order valence-electron chi connectivity index (χ1n) is 12.6. The molecule has 0 spiro atoms. The average Bonchev–Trinajstić information content (AvgIpc) is 3.56. The van der Waals surface area contributed by atoms with Gasteiger partial charge in [-0.3, -0.25) is 9.59 Å². The third-order valence-corrected chi connectivity index (χ3v) is 7.38. The largest absolute Gasteiger partial charge is 0.468 e. The second-order valence-electron chi connectivity index (χ2n) is 11.0. The molecule has 1 saturated heterocycles. The van der Waals surface area contributed by atoms with Gasteiger partial charge in [0.25, 0.3) is 0 Å². The summed E-state index contributed by atoms with van der Waals surface area (Å²) < 4.78 is 11.0.